The Balaban J connectivity index is 0.000001000. The summed E-state index contributed by atoms with van der Waals surface area (Å²) in [6.07, 6.45) is -4.47. The molecule has 0 spiro atoms. The second-order valence-electron chi connectivity index (χ2n) is 2.17. The van der Waals surface area contributed by atoms with Crippen LogP contribution in [0.1, 0.15) is 1.43 Å². The van der Waals surface area contributed by atoms with Crippen LogP contribution in [-0.4, -0.2) is 23.9 Å². The minimum absolute atomic E-state index is 0. The first kappa shape index (κ1) is 8.10. The topological polar surface area (TPSA) is 35.2 Å². The van der Waals surface area contributed by atoms with Crippen LogP contribution in [0.3, 0.4) is 0 Å². The standard InChI is InChI=1S/C4H5ClF3NO/c5-2-3(9,1-10-2)4(6,7)8/h2H,1,9H2/p+1. The van der Waals surface area contributed by atoms with E-state index in [0.29, 0.717) is 0 Å². The van der Waals surface area contributed by atoms with Crippen LogP contribution in [0.25, 0.3) is 0 Å². The van der Waals surface area contributed by atoms with Gasteiger partial charge < -0.3 is 10.5 Å². The van der Waals surface area contributed by atoms with Crippen molar-refractivity contribution in [1.82, 2.24) is 0 Å². The molecule has 0 aromatic rings. The van der Waals surface area contributed by atoms with Gasteiger partial charge in [0.25, 0.3) is 0 Å². The van der Waals surface area contributed by atoms with E-state index in [-0.39, 0.29) is 1.43 Å². The lowest BCUT2D eigenvalue weighted by Gasteiger charge is -2.43. The van der Waals surface area contributed by atoms with Crippen molar-refractivity contribution >= 4 is 11.6 Å². The smallest absolute Gasteiger partial charge is 0.358 e. The molecule has 2 nitrogen and oxygen atoms in total. The Bertz CT molecular complexity index is 155. The van der Waals surface area contributed by atoms with E-state index in [4.69, 9.17) is 17.3 Å². The maximum absolute atomic E-state index is 11.8. The van der Waals surface area contributed by atoms with E-state index < -0.39 is 23.9 Å². The summed E-state index contributed by atoms with van der Waals surface area (Å²) in [6, 6.07) is 0. The molecule has 0 aromatic heterocycles. The zero-order chi connectivity index (χ0) is 7.99. The third-order valence-electron chi connectivity index (χ3n) is 1.40. The van der Waals surface area contributed by atoms with E-state index in [1.165, 1.54) is 0 Å². The molecule has 1 heterocycles. The zero-order valence-electron chi connectivity index (χ0n) is 5.78. The van der Waals surface area contributed by atoms with Gasteiger partial charge in [-0.05, 0) is 0 Å². The average Bonchev–Trinajstić information content (AvgIpc) is 1.80. The number of ether oxygens (including phenoxy) is 1. The number of rotatable bonds is 0. The second-order valence-corrected chi connectivity index (χ2v) is 2.56. The fourth-order valence-corrected chi connectivity index (χ4v) is 0.786. The molecule has 0 bridgehead atoms. The van der Waals surface area contributed by atoms with E-state index in [1.807, 2.05) is 0 Å². The molecule has 1 saturated heterocycles. The molecule has 6 heteroatoms. The van der Waals surface area contributed by atoms with Gasteiger partial charge in [0.05, 0.1) is 6.61 Å². The molecule has 0 aliphatic carbocycles. The van der Waals surface area contributed by atoms with Crippen molar-refractivity contribution < 1.29 is 19.3 Å². The van der Waals surface area contributed by atoms with E-state index in [9.17, 15) is 13.2 Å². The highest BCUT2D eigenvalue weighted by Crippen LogP contribution is 2.40. The summed E-state index contributed by atoms with van der Waals surface area (Å²) in [6.45, 7) is -0.551. The highest BCUT2D eigenvalue weighted by Gasteiger charge is 2.63. The molecule has 1 rings (SSSR count). The van der Waals surface area contributed by atoms with Gasteiger partial charge in [-0.15, -0.1) is 0 Å². The number of alkyl halides is 4. The molecule has 10 heavy (non-hydrogen) atoms. The molecular weight excluding hydrogens is 170 g/mol. The first-order valence-corrected chi connectivity index (χ1v) is 2.93. The SMILES string of the molecule is NC1(C(F)(F)F)COC1Cl.[H+]. The van der Waals surface area contributed by atoms with Crippen molar-refractivity contribution in [1.29, 1.82) is 0 Å². The Kier molecular flexibility index (Phi) is 1.61. The van der Waals surface area contributed by atoms with Crippen molar-refractivity contribution in [2.24, 2.45) is 5.73 Å². The number of hydrogen-bond acceptors (Lipinski definition) is 2. The van der Waals surface area contributed by atoms with Crippen molar-refractivity contribution in [2.75, 3.05) is 6.61 Å². The Morgan fingerprint density at radius 1 is 1.70 bits per heavy atom. The van der Waals surface area contributed by atoms with Gasteiger partial charge >= 0.3 is 7.60 Å². The highest BCUT2D eigenvalue weighted by atomic mass is 35.5. The third kappa shape index (κ3) is 0.889. The predicted molar refractivity (Wildman–Crippen MR) is 29.7 cm³/mol. The maximum atomic E-state index is 11.8. The zero-order valence-corrected chi connectivity index (χ0v) is 5.54. The van der Waals surface area contributed by atoms with Gasteiger partial charge in [-0.2, -0.15) is 13.2 Å². The van der Waals surface area contributed by atoms with Crippen molar-refractivity contribution in [3.63, 3.8) is 0 Å². The Hall–Kier alpha value is 0. The number of nitrogens with two attached hydrogens (primary N) is 1. The minimum Gasteiger partial charge on any atom is -0.358 e. The minimum atomic E-state index is -4.47. The lowest BCUT2D eigenvalue weighted by molar-refractivity contribution is -0.266. The van der Waals surface area contributed by atoms with E-state index in [0.717, 1.165) is 0 Å². The van der Waals surface area contributed by atoms with Gasteiger partial charge in [0.15, 0.2) is 11.1 Å². The molecule has 2 N–H and O–H groups in total. The maximum Gasteiger partial charge on any atom is 1.00 e. The largest absolute Gasteiger partial charge is 1.00 e. The predicted octanol–water partition coefficient (Wildman–Crippen LogP) is 0.954. The molecule has 1 aliphatic rings. The number of hydrogen-bond donors (Lipinski definition) is 1. The molecule has 1 fully saturated rings. The summed E-state index contributed by atoms with van der Waals surface area (Å²) in [4.78, 5) is 0. The number of halogens is 4. The highest BCUT2D eigenvalue weighted by molar-refractivity contribution is 6.21. The monoisotopic (exact) mass is 176 g/mol. The van der Waals surface area contributed by atoms with Gasteiger partial charge in [0.1, 0.15) is 0 Å². The van der Waals surface area contributed by atoms with Gasteiger partial charge in [0, 0.05) is 0 Å². The van der Waals surface area contributed by atoms with Crippen LogP contribution in [0, 0.1) is 0 Å². The van der Waals surface area contributed by atoms with Crippen LogP contribution >= 0.6 is 11.6 Å². The molecule has 0 aromatic carbocycles. The first-order valence-electron chi connectivity index (χ1n) is 2.49. The van der Waals surface area contributed by atoms with Crippen LogP contribution < -0.4 is 5.73 Å². The molecule has 60 valence electrons. The lowest BCUT2D eigenvalue weighted by atomic mass is 9.98. The van der Waals surface area contributed by atoms with Gasteiger partial charge in [-0.1, -0.05) is 11.6 Å². The van der Waals surface area contributed by atoms with Gasteiger partial charge in [0.2, 0.25) is 0 Å². The normalized spacial score (nSPS) is 41.1. The van der Waals surface area contributed by atoms with Gasteiger partial charge in [-0.3, -0.25) is 0 Å². The Morgan fingerprint density at radius 3 is 2.20 bits per heavy atom. The molecule has 0 amide bonds. The quantitative estimate of drug-likeness (QED) is 0.558. The third-order valence-corrected chi connectivity index (χ3v) is 1.92. The van der Waals surface area contributed by atoms with Crippen molar-refractivity contribution in [3.8, 4) is 0 Å². The van der Waals surface area contributed by atoms with Gasteiger partial charge in [-0.25, -0.2) is 0 Å². The fraction of sp³-hybridized carbons (Fsp3) is 1.00. The van der Waals surface area contributed by atoms with E-state index >= 15 is 0 Å². The summed E-state index contributed by atoms with van der Waals surface area (Å²) >= 11 is 5.07. The first-order chi connectivity index (χ1) is 4.38. The van der Waals surface area contributed by atoms with Crippen LogP contribution in [-0.2, 0) is 4.74 Å². The Labute approximate surface area is 61.6 Å². The average molecular weight is 177 g/mol. The van der Waals surface area contributed by atoms with Crippen molar-refractivity contribution in [3.05, 3.63) is 0 Å². The molecular formula is C4H6ClF3NO+. The fourth-order valence-electron chi connectivity index (χ4n) is 0.536. The summed E-state index contributed by atoms with van der Waals surface area (Å²) < 4.78 is 39.8. The molecule has 0 radical (unpaired) electrons. The summed E-state index contributed by atoms with van der Waals surface area (Å²) in [5.74, 6) is 0. The molecule has 0 saturated carbocycles. The van der Waals surface area contributed by atoms with E-state index in [2.05, 4.69) is 4.74 Å². The van der Waals surface area contributed by atoms with Crippen molar-refractivity contribution in [2.45, 2.75) is 17.3 Å². The van der Waals surface area contributed by atoms with Crippen LogP contribution in [0.15, 0.2) is 0 Å². The summed E-state index contributed by atoms with van der Waals surface area (Å²) in [7, 11) is 0. The molecule has 1 aliphatic heterocycles. The Morgan fingerprint density at radius 2 is 2.20 bits per heavy atom. The van der Waals surface area contributed by atoms with Crippen LogP contribution in [0.2, 0.25) is 0 Å². The van der Waals surface area contributed by atoms with Crippen LogP contribution in [0.5, 0.6) is 0 Å². The summed E-state index contributed by atoms with van der Waals surface area (Å²) in [5, 5.41) is 0. The van der Waals surface area contributed by atoms with Crippen LogP contribution in [0.4, 0.5) is 13.2 Å². The lowest BCUT2D eigenvalue weighted by Crippen LogP contribution is -2.70. The van der Waals surface area contributed by atoms with E-state index in [1.54, 1.807) is 0 Å². The summed E-state index contributed by atoms with van der Waals surface area (Å²) in [5.41, 5.74) is 1.07. The molecule has 2 atom stereocenters. The molecule has 2 unspecified atom stereocenters. The second kappa shape index (κ2) is 1.99.